The van der Waals surface area contributed by atoms with Gasteiger partial charge >= 0.3 is 0 Å². The van der Waals surface area contributed by atoms with Crippen molar-refractivity contribution in [2.45, 2.75) is 66.3 Å². The van der Waals surface area contributed by atoms with Crippen LogP contribution in [0.5, 0.6) is 0 Å². The number of rotatable bonds is 8. The monoisotopic (exact) mass is 447 g/mol. The van der Waals surface area contributed by atoms with E-state index in [1.807, 2.05) is 25.1 Å². The molecule has 0 saturated heterocycles. The van der Waals surface area contributed by atoms with E-state index in [-0.39, 0.29) is 5.78 Å². The first-order valence-electron chi connectivity index (χ1n) is 11.6. The Hall–Kier alpha value is -3.21. The second kappa shape index (κ2) is 13.4. The number of benzene rings is 1. The molecule has 1 heterocycles. The Labute approximate surface area is 198 Å². The van der Waals surface area contributed by atoms with Gasteiger partial charge in [-0.1, -0.05) is 43.3 Å². The molecular weight excluding hydrogens is 410 g/mol. The molecule has 176 valence electrons. The molecule has 0 aliphatic heterocycles. The molecule has 1 aromatic heterocycles. The van der Waals surface area contributed by atoms with Gasteiger partial charge in [0.1, 0.15) is 0 Å². The lowest BCUT2D eigenvalue weighted by molar-refractivity contribution is -0.117. The minimum Gasteiger partial charge on any atom is -0.481 e. The average Bonchev–Trinajstić information content (AvgIpc) is 3.22. The van der Waals surface area contributed by atoms with E-state index in [4.69, 9.17) is 4.74 Å². The molecule has 0 bridgehead atoms. The fraction of sp³-hybridized carbons (Fsp3) is 0.393. The highest BCUT2D eigenvalue weighted by atomic mass is 16.5. The van der Waals surface area contributed by atoms with Crippen LogP contribution in [0.1, 0.15) is 57.7 Å². The van der Waals surface area contributed by atoms with Crippen LogP contribution in [0.3, 0.4) is 0 Å². The minimum atomic E-state index is 0.128. The maximum atomic E-state index is 11.2. The summed E-state index contributed by atoms with van der Waals surface area (Å²) in [5, 5.41) is 4.53. The summed E-state index contributed by atoms with van der Waals surface area (Å²) in [6, 6.07) is 10.3. The van der Waals surface area contributed by atoms with E-state index in [1.165, 1.54) is 30.4 Å². The largest absolute Gasteiger partial charge is 0.481 e. The van der Waals surface area contributed by atoms with Gasteiger partial charge in [0.15, 0.2) is 5.78 Å². The van der Waals surface area contributed by atoms with Crippen LogP contribution in [-0.2, 0) is 22.5 Å². The van der Waals surface area contributed by atoms with Crippen LogP contribution in [0.25, 0.3) is 11.3 Å². The molecule has 0 saturated carbocycles. The second-order valence-corrected chi connectivity index (χ2v) is 8.18. The Balaban J connectivity index is 0.000000238. The zero-order valence-corrected chi connectivity index (χ0v) is 20.7. The third-order valence-electron chi connectivity index (χ3n) is 5.38. The lowest BCUT2D eigenvalue weighted by Gasteiger charge is -2.12. The Morgan fingerprint density at radius 1 is 1.30 bits per heavy atom. The van der Waals surface area contributed by atoms with Crippen molar-refractivity contribution in [1.29, 1.82) is 0 Å². The maximum Gasteiger partial charge on any atom is 0.213 e. The van der Waals surface area contributed by atoms with E-state index in [0.29, 0.717) is 12.4 Å². The fourth-order valence-electron chi connectivity index (χ4n) is 3.68. The molecule has 5 nitrogen and oxygen atoms in total. The van der Waals surface area contributed by atoms with Crippen molar-refractivity contribution >= 4 is 12.0 Å². The zero-order chi connectivity index (χ0) is 24.2. The Morgan fingerprint density at radius 2 is 2.09 bits per heavy atom. The Kier molecular flexibility index (Phi) is 10.5. The highest BCUT2D eigenvalue weighted by Gasteiger charge is 2.10. The van der Waals surface area contributed by atoms with Crippen LogP contribution in [0, 0.1) is 6.92 Å². The molecule has 0 radical (unpaired) electrons. The van der Waals surface area contributed by atoms with Crippen molar-refractivity contribution in [1.82, 2.24) is 9.78 Å². The topological polar surface area (TPSA) is 56.5 Å². The van der Waals surface area contributed by atoms with Gasteiger partial charge < -0.3 is 4.74 Å². The molecule has 0 atom stereocenters. The first-order chi connectivity index (χ1) is 15.9. The van der Waals surface area contributed by atoms with Gasteiger partial charge in [-0.25, -0.2) is 4.99 Å². The van der Waals surface area contributed by atoms with Crippen molar-refractivity contribution in [3.63, 3.8) is 0 Å². The van der Waals surface area contributed by atoms with E-state index in [2.05, 4.69) is 54.8 Å². The van der Waals surface area contributed by atoms with Crippen LogP contribution in [0.2, 0.25) is 0 Å². The quantitative estimate of drug-likeness (QED) is 0.259. The first-order valence-corrected chi connectivity index (χ1v) is 11.6. The van der Waals surface area contributed by atoms with Gasteiger partial charge in [-0.05, 0) is 76.2 Å². The molecule has 0 spiro atoms. The molecule has 1 aliphatic carbocycles. The van der Waals surface area contributed by atoms with Crippen LogP contribution >= 0.6 is 0 Å². The molecule has 0 unspecified atom stereocenters. The third kappa shape index (κ3) is 8.33. The van der Waals surface area contributed by atoms with Crippen molar-refractivity contribution in [3.8, 4) is 11.3 Å². The number of aryl methyl sites for hydroxylation is 2. The highest BCUT2D eigenvalue weighted by molar-refractivity contribution is 5.75. The van der Waals surface area contributed by atoms with Gasteiger partial charge in [-0.2, -0.15) is 5.10 Å². The van der Waals surface area contributed by atoms with Crippen molar-refractivity contribution in [2.75, 3.05) is 7.11 Å². The fourth-order valence-corrected chi connectivity index (χ4v) is 3.68. The SMILES string of the molecule is C=C(/C=C(\N=C/C)OC)C1=CCCCC1.CCc1cc(-c2cccc(C)c2)nn1CC(C)=O. The third-order valence-corrected chi connectivity index (χ3v) is 5.38. The zero-order valence-electron chi connectivity index (χ0n) is 20.7. The molecule has 0 N–H and O–H groups in total. The molecule has 0 fully saturated rings. The molecular formula is C28H37N3O2. The lowest BCUT2D eigenvalue weighted by Crippen LogP contribution is -2.10. The summed E-state index contributed by atoms with van der Waals surface area (Å²) in [5.41, 5.74) is 6.72. The summed E-state index contributed by atoms with van der Waals surface area (Å²) in [6.45, 7) is 12.0. The van der Waals surface area contributed by atoms with Gasteiger partial charge in [0, 0.05) is 23.5 Å². The summed E-state index contributed by atoms with van der Waals surface area (Å²) >= 11 is 0. The average molecular weight is 448 g/mol. The van der Waals surface area contributed by atoms with Crippen molar-refractivity contribution < 1.29 is 9.53 Å². The van der Waals surface area contributed by atoms with Crippen LogP contribution < -0.4 is 0 Å². The van der Waals surface area contributed by atoms with Gasteiger partial charge in [0.2, 0.25) is 5.88 Å². The number of aliphatic imine (C=N–C) groups is 1. The van der Waals surface area contributed by atoms with E-state index >= 15 is 0 Å². The lowest BCUT2D eigenvalue weighted by atomic mass is 9.94. The molecule has 1 aliphatic rings. The van der Waals surface area contributed by atoms with E-state index in [1.54, 1.807) is 24.9 Å². The molecule has 0 amide bonds. The number of allylic oxidation sites excluding steroid dienone is 4. The van der Waals surface area contributed by atoms with E-state index < -0.39 is 0 Å². The standard InChI is InChI=1S/C15H18N2O.C13H19NO/c1-4-14-9-15(16-17(14)10-12(3)18)13-7-5-6-11(2)8-13;1-4-14-13(15-3)10-11(2)12-8-6-5-7-9-12/h5-9H,4,10H2,1-3H3;4,8,10H,2,5-7,9H2,1,3H3/b;13-10+,14-4-. The molecule has 3 rings (SSSR count). The number of Topliss-reactive ketones (excluding diaryl/α,β-unsaturated/α-hetero) is 1. The smallest absolute Gasteiger partial charge is 0.213 e. The minimum absolute atomic E-state index is 0.128. The summed E-state index contributed by atoms with van der Waals surface area (Å²) in [5.74, 6) is 0.748. The summed E-state index contributed by atoms with van der Waals surface area (Å²) < 4.78 is 6.93. The summed E-state index contributed by atoms with van der Waals surface area (Å²) in [6.07, 6.45) is 11.6. The first kappa shape index (κ1) is 26.0. The Morgan fingerprint density at radius 3 is 2.67 bits per heavy atom. The second-order valence-electron chi connectivity index (χ2n) is 8.18. The number of hydrogen-bond donors (Lipinski definition) is 0. The molecule has 33 heavy (non-hydrogen) atoms. The number of ether oxygens (including phenoxy) is 1. The molecule has 1 aromatic carbocycles. The Bertz CT molecular complexity index is 1040. The number of aromatic nitrogens is 2. The van der Waals surface area contributed by atoms with Gasteiger partial charge in [0.25, 0.3) is 0 Å². The van der Waals surface area contributed by atoms with Crippen LogP contribution in [0.4, 0.5) is 0 Å². The van der Waals surface area contributed by atoms with Crippen molar-refractivity contribution in [2.24, 2.45) is 4.99 Å². The highest BCUT2D eigenvalue weighted by Crippen LogP contribution is 2.24. The van der Waals surface area contributed by atoms with E-state index in [9.17, 15) is 4.79 Å². The van der Waals surface area contributed by atoms with Gasteiger partial charge in [-0.3, -0.25) is 9.48 Å². The number of ketones is 1. The maximum absolute atomic E-state index is 11.2. The van der Waals surface area contributed by atoms with Crippen LogP contribution in [-0.4, -0.2) is 28.9 Å². The van der Waals surface area contributed by atoms with Crippen LogP contribution in [0.15, 0.2) is 71.1 Å². The number of carbonyl (C=O) groups is 1. The molecule has 2 aromatic rings. The normalized spacial score (nSPS) is 13.8. The predicted octanol–water partition coefficient (Wildman–Crippen LogP) is 6.63. The van der Waals surface area contributed by atoms with Gasteiger partial charge in [-0.15, -0.1) is 0 Å². The van der Waals surface area contributed by atoms with Crippen molar-refractivity contribution in [3.05, 3.63) is 77.3 Å². The van der Waals surface area contributed by atoms with Gasteiger partial charge in [0.05, 0.1) is 19.3 Å². The number of methoxy groups -OCH3 is 1. The summed E-state index contributed by atoms with van der Waals surface area (Å²) in [4.78, 5) is 15.3. The predicted molar refractivity (Wildman–Crippen MR) is 137 cm³/mol. The van der Waals surface area contributed by atoms with E-state index in [0.717, 1.165) is 35.4 Å². The number of hydrogen-bond acceptors (Lipinski definition) is 4. The summed E-state index contributed by atoms with van der Waals surface area (Å²) in [7, 11) is 1.63. The molecule has 5 heteroatoms. The number of carbonyl (C=O) groups excluding carboxylic acids is 1. The number of nitrogens with zero attached hydrogens (tertiary/aromatic N) is 3.